The van der Waals surface area contributed by atoms with Crippen molar-refractivity contribution < 1.29 is 9.26 Å². The third kappa shape index (κ3) is 3.04. The summed E-state index contributed by atoms with van der Waals surface area (Å²) < 4.78 is 10.8. The van der Waals surface area contributed by atoms with Crippen LogP contribution in [0.3, 0.4) is 0 Å². The molecule has 0 fully saturated rings. The summed E-state index contributed by atoms with van der Waals surface area (Å²) in [4.78, 5) is 0. The third-order valence-electron chi connectivity index (χ3n) is 3.07. The molecule has 1 heterocycles. The van der Waals surface area contributed by atoms with Crippen LogP contribution in [-0.2, 0) is 6.54 Å². The van der Waals surface area contributed by atoms with E-state index in [0.717, 1.165) is 22.7 Å². The topological polar surface area (TPSA) is 73.3 Å². The van der Waals surface area contributed by atoms with Crippen molar-refractivity contribution in [3.05, 3.63) is 35.2 Å². The summed E-state index contributed by atoms with van der Waals surface area (Å²) in [6, 6.07) is 5.72. The number of nitrogens with two attached hydrogens (primary N) is 1. The molecule has 0 aliphatic rings. The third-order valence-corrected chi connectivity index (χ3v) is 3.07. The van der Waals surface area contributed by atoms with Crippen molar-refractivity contribution in [1.82, 2.24) is 5.16 Å². The molecule has 0 atom stereocenters. The van der Waals surface area contributed by atoms with Crippen molar-refractivity contribution in [3.63, 3.8) is 0 Å². The van der Waals surface area contributed by atoms with Gasteiger partial charge < -0.3 is 20.3 Å². The van der Waals surface area contributed by atoms with Crippen LogP contribution in [0.2, 0.25) is 0 Å². The molecule has 3 N–H and O–H groups in total. The van der Waals surface area contributed by atoms with Gasteiger partial charge in [-0.15, -0.1) is 0 Å². The minimum atomic E-state index is 0.0927. The van der Waals surface area contributed by atoms with Gasteiger partial charge in [0, 0.05) is 12.1 Å². The smallest absolute Gasteiger partial charge is 0.144 e. The monoisotopic (exact) mass is 275 g/mol. The number of rotatable bonds is 5. The standard InChI is InChI=1S/C15H21N3O2/c1-9(2)19-14-7-5-6-13(15(14)16)17-8-12-10(3)18-20-11(12)4/h5-7,9,17H,8,16H2,1-4H3. The van der Waals surface area contributed by atoms with Gasteiger partial charge in [-0.3, -0.25) is 0 Å². The minimum Gasteiger partial charge on any atom is -0.489 e. The molecule has 0 radical (unpaired) electrons. The lowest BCUT2D eigenvalue weighted by atomic mass is 10.2. The Labute approximate surface area is 119 Å². The number of ether oxygens (including phenoxy) is 1. The first kappa shape index (κ1) is 14.2. The Kier molecular flexibility index (Phi) is 4.17. The lowest BCUT2D eigenvalue weighted by molar-refractivity contribution is 0.244. The normalized spacial score (nSPS) is 10.8. The van der Waals surface area contributed by atoms with Crippen LogP contribution in [0.5, 0.6) is 5.75 Å². The lowest BCUT2D eigenvalue weighted by Gasteiger charge is -2.15. The average Bonchev–Trinajstić information content (AvgIpc) is 2.70. The molecule has 1 aromatic carbocycles. The van der Waals surface area contributed by atoms with Crippen molar-refractivity contribution in [3.8, 4) is 5.75 Å². The first-order chi connectivity index (χ1) is 9.49. The summed E-state index contributed by atoms with van der Waals surface area (Å²) in [6.45, 7) is 8.40. The molecule has 0 bridgehead atoms. The number of anilines is 2. The van der Waals surface area contributed by atoms with Gasteiger partial charge in [0.25, 0.3) is 0 Å². The molecular formula is C15H21N3O2. The van der Waals surface area contributed by atoms with Crippen LogP contribution in [0.15, 0.2) is 22.7 Å². The van der Waals surface area contributed by atoms with Crippen molar-refractivity contribution in [2.45, 2.75) is 40.3 Å². The first-order valence-corrected chi connectivity index (χ1v) is 6.69. The number of hydrogen-bond donors (Lipinski definition) is 2. The van der Waals surface area contributed by atoms with E-state index in [2.05, 4.69) is 10.5 Å². The summed E-state index contributed by atoms with van der Waals surface area (Å²) in [5.74, 6) is 1.52. The van der Waals surface area contributed by atoms with E-state index < -0.39 is 0 Å². The number of hydrogen-bond acceptors (Lipinski definition) is 5. The van der Waals surface area contributed by atoms with Gasteiger partial charge in [0.1, 0.15) is 11.5 Å². The Bertz CT molecular complexity index is 571. The van der Waals surface area contributed by atoms with Gasteiger partial charge in [0.2, 0.25) is 0 Å². The quantitative estimate of drug-likeness (QED) is 0.819. The molecule has 0 spiro atoms. The Morgan fingerprint density at radius 1 is 1.35 bits per heavy atom. The fourth-order valence-electron chi connectivity index (χ4n) is 1.99. The molecule has 0 amide bonds. The van der Waals surface area contributed by atoms with Crippen molar-refractivity contribution >= 4 is 11.4 Å². The number of nitrogen functional groups attached to an aromatic ring is 1. The summed E-state index contributed by atoms with van der Waals surface area (Å²) in [7, 11) is 0. The summed E-state index contributed by atoms with van der Waals surface area (Å²) in [6.07, 6.45) is 0.0927. The zero-order valence-corrected chi connectivity index (χ0v) is 12.4. The second-order valence-corrected chi connectivity index (χ2v) is 5.04. The minimum absolute atomic E-state index is 0.0927. The van der Waals surface area contributed by atoms with Crippen molar-refractivity contribution in [1.29, 1.82) is 0 Å². The molecule has 0 aliphatic carbocycles. The Balaban J connectivity index is 2.14. The molecule has 108 valence electrons. The van der Waals surface area contributed by atoms with Gasteiger partial charge in [0.05, 0.1) is 23.2 Å². The first-order valence-electron chi connectivity index (χ1n) is 6.69. The Morgan fingerprint density at radius 3 is 2.70 bits per heavy atom. The van der Waals surface area contributed by atoms with Crippen molar-refractivity contribution in [2.75, 3.05) is 11.1 Å². The van der Waals surface area contributed by atoms with Gasteiger partial charge >= 0.3 is 0 Å². The summed E-state index contributed by atoms with van der Waals surface area (Å²) >= 11 is 0. The molecule has 5 heteroatoms. The fourth-order valence-corrected chi connectivity index (χ4v) is 1.99. The predicted octanol–water partition coefficient (Wildman–Crippen LogP) is 3.27. The van der Waals surface area contributed by atoms with Gasteiger partial charge in [-0.2, -0.15) is 0 Å². The second-order valence-electron chi connectivity index (χ2n) is 5.04. The molecule has 0 aliphatic heterocycles. The van der Waals surface area contributed by atoms with E-state index in [1.165, 1.54) is 0 Å². The highest BCUT2D eigenvalue weighted by Crippen LogP contribution is 2.30. The van der Waals surface area contributed by atoms with Crippen molar-refractivity contribution in [2.24, 2.45) is 0 Å². The highest BCUT2D eigenvalue weighted by atomic mass is 16.5. The number of nitrogens with one attached hydrogen (secondary N) is 1. The largest absolute Gasteiger partial charge is 0.489 e. The fraction of sp³-hybridized carbons (Fsp3) is 0.400. The number of para-hydroxylation sites is 1. The second kappa shape index (κ2) is 5.86. The molecule has 0 saturated heterocycles. The maximum Gasteiger partial charge on any atom is 0.144 e. The van der Waals surface area contributed by atoms with Gasteiger partial charge in [-0.05, 0) is 39.8 Å². The van der Waals surface area contributed by atoms with Crippen LogP contribution in [0.25, 0.3) is 0 Å². The van der Waals surface area contributed by atoms with E-state index in [9.17, 15) is 0 Å². The SMILES string of the molecule is Cc1noc(C)c1CNc1cccc(OC(C)C)c1N. The molecule has 1 aromatic heterocycles. The van der Waals surface area contributed by atoms with Gasteiger partial charge in [-0.1, -0.05) is 11.2 Å². The maximum atomic E-state index is 6.12. The van der Waals surface area contributed by atoms with Crippen LogP contribution >= 0.6 is 0 Å². The summed E-state index contributed by atoms with van der Waals surface area (Å²) in [5.41, 5.74) is 9.54. The van der Waals surface area contributed by atoms with E-state index in [1.54, 1.807) is 0 Å². The van der Waals surface area contributed by atoms with E-state index in [1.807, 2.05) is 45.9 Å². The lowest BCUT2D eigenvalue weighted by Crippen LogP contribution is -2.09. The average molecular weight is 275 g/mol. The van der Waals surface area contributed by atoms with E-state index in [-0.39, 0.29) is 6.10 Å². The Hall–Kier alpha value is -2.17. The molecule has 0 unspecified atom stereocenters. The zero-order valence-electron chi connectivity index (χ0n) is 12.4. The van der Waals surface area contributed by atoms with Crippen LogP contribution < -0.4 is 15.8 Å². The van der Waals surface area contributed by atoms with Crippen LogP contribution in [-0.4, -0.2) is 11.3 Å². The van der Waals surface area contributed by atoms with Gasteiger partial charge in [-0.25, -0.2) is 0 Å². The zero-order chi connectivity index (χ0) is 14.7. The Morgan fingerprint density at radius 2 is 2.10 bits per heavy atom. The maximum absolute atomic E-state index is 6.12. The number of aryl methyl sites for hydroxylation is 2. The molecule has 0 saturated carbocycles. The van der Waals surface area contributed by atoms with Crippen LogP contribution in [0, 0.1) is 13.8 Å². The van der Waals surface area contributed by atoms with E-state index in [0.29, 0.717) is 18.0 Å². The van der Waals surface area contributed by atoms with Gasteiger partial charge in [0.15, 0.2) is 0 Å². The highest BCUT2D eigenvalue weighted by molar-refractivity contribution is 5.73. The van der Waals surface area contributed by atoms with E-state index in [4.69, 9.17) is 15.0 Å². The summed E-state index contributed by atoms with van der Waals surface area (Å²) in [5, 5.41) is 7.24. The molecule has 20 heavy (non-hydrogen) atoms. The number of aromatic nitrogens is 1. The number of nitrogens with zero attached hydrogens (tertiary/aromatic N) is 1. The molecule has 2 rings (SSSR count). The molecular weight excluding hydrogens is 254 g/mol. The molecule has 2 aromatic rings. The molecule has 5 nitrogen and oxygen atoms in total. The number of benzene rings is 1. The predicted molar refractivity (Wildman–Crippen MR) is 79.9 cm³/mol. The van der Waals surface area contributed by atoms with Crippen LogP contribution in [0.1, 0.15) is 30.9 Å². The van der Waals surface area contributed by atoms with Crippen LogP contribution in [0.4, 0.5) is 11.4 Å². The highest BCUT2D eigenvalue weighted by Gasteiger charge is 2.11. The van der Waals surface area contributed by atoms with E-state index >= 15 is 0 Å².